The molecular weight excluding hydrogens is 368 g/mol. The van der Waals surface area contributed by atoms with E-state index in [-0.39, 0.29) is 11.8 Å². The van der Waals surface area contributed by atoms with Gasteiger partial charge in [0, 0.05) is 23.0 Å². The largest absolute Gasteiger partial charge is 0.497 e. The van der Waals surface area contributed by atoms with Gasteiger partial charge in [-0.3, -0.25) is 9.59 Å². The van der Waals surface area contributed by atoms with Crippen molar-refractivity contribution in [2.75, 3.05) is 24.9 Å². The molecule has 3 aromatic rings. The highest BCUT2D eigenvalue weighted by atomic mass is 16.5. The molecule has 0 saturated heterocycles. The summed E-state index contributed by atoms with van der Waals surface area (Å²) in [6.45, 7) is 1.94. The smallest absolute Gasteiger partial charge is 0.259 e. The number of anilines is 2. The minimum absolute atomic E-state index is 0.187. The third kappa shape index (κ3) is 4.93. The van der Waals surface area contributed by atoms with Gasteiger partial charge in [0.2, 0.25) is 0 Å². The van der Waals surface area contributed by atoms with Crippen LogP contribution < -0.4 is 20.1 Å². The lowest BCUT2D eigenvalue weighted by molar-refractivity contribution is 0.101. The van der Waals surface area contributed by atoms with Crippen molar-refractivity contribution in [1.29, 1.82) is 0 Å². The molecular formula is C23H22N2O4. The number of amides is 2. The van der Waals surface area contributed by atoms with Gasteiger partial charge in [-0.25, -0.2) is 0 Å². The molecule has 0 aliphatic heterocycles. The number of aryl methyl sites for hydroxylation is 1. The number of carbonyl (C=O) groups is 2. The number of hydrogen-bond donors (Lipinski definition) is 2. The lowest BCUT2D eigenvalue weighted by Crippen LogP contribution is -2.14. The molecule has 0 radical (unpaired) electrons. The van der Waals surface area contributed by atoms with Gasteiger partial charge in [-0.05, 0) is 55.5 Å². The summed E-state index contributed by atoms with van der Waals surface area (Å²) in [6, 6.07) is 19.3. The van der Waals surface area contributed by atoms with Crippen molar-refractivity contribution in [2.24, 2.45) is 0 Å². The maximum absolute atomic E-state index is 12.6. The van der Waals surface area contributed by atoms with Crippen molar-refractivity contribution in [2.45, 2.75) is 6.92 Å². The highest BCUT2D eigenvalue weighted by Crippen LogP contribution is 2.25. The van der Waals surface area contributed by atoms with E-state index in [0.29, 0.717) is 34.0 Å². The molecule has 0 bridgehead atoms. The minimum atomic E-state index is -0.305. The Labute approximate surface area is 169 Å². The number of benzene rings is 3. The highest BCUT2D eigenvalue weighted by molar-refractivity contribution is 6.07. The fourth-order valence-corrected chi connectivity index (χ4v) is 2.81. The summed E-state index contributed by atoms with van der Waals surface area (Å²) in [7, 11) is 3.05. The van der Waals surface area contributed by atoms with E-state index >= 15 is 0 Å². The summed E-state index contributed by atoms with van der Waals surface area (Å²) in [5.74, 6) is 0.533. The van der Waals surface area contributed by atoms with Crippen LogP contribution in [-0.2, 0) is 0 Å². The summed E-state index contributed by atoms with van der Waals surface area (Å²) in [4.78, 5) is 24.9. The van der Waals surface area contributed by atoms with Crippen molar-refractivity contribution in [3.63, 3.8) is 0 Å². The molecule has 0 saturated carbocycles. The molecule has 3 rings (SSSR count). The summed E-state index contributed by atoms with van der Waals surface area (Å²) in [6.07, 6.45) is 0. The lowest BCUT2D eigenvalue weighted by Gasteiger charge is -2.11. The molecule has 0 unspecified atom stereocenters. The van der Waals surface area contributed by atoms with Crippen molar-refractivity contribution in [3.05, 3.63) is 83.4 Å². The molecule has 0 aromatic heterocycles. The van der Waals surface area contributed by atoms with Crippen molar-refractivity contribution in [1.82, 2.24) is 0 Å². The Bertz CT molecular complexity index is 1030. The Hall–Kier alpha value is -3.80. The van der Waals surface area contributed by atoms with Gasteiger partial charge >= 0.3 is 0 Å². The zero-order chi connectivity index (χ0) is 20.8. The molecule has 2 N–H and O–H groups in total. The third-order valence-electron chi connectivity index (χ3n) is 4.33. The molecule has 6 heteroatoms. The van der Waals surface area contributed by atoms with Crippen molar-refractivity contribution >= 4 is 23.2 Å². The fraction of sp³-hybridized carbons (Fsp3) is 0.130. The number of rotatable bonds is 6. The van der Waals surface area contributed by atoms with Crippen LogP contribution in [0, 0.1) is 6.92 Å². The fourth-order valence-electron chi connectivity index (χ4n) is 2.81. The van der Waals surface area contributed by atoms with E-state index in [1.54, 1.807) is 55.6 Å². The average Bonchev–Trinajstić information content (AvgIpc) is 2.74. The first-order valence-electron chi connectivity index (χ1n) is 9.01. The number of methoxy groups -OCH3 is 2. The van der Waals surface area contributed by atoms with Crippen LogP contribution >= 0.6 is 0 Å². The van der Waals surface area contributed by atoms with E-state index in [2.05, 4.69) is 10.6 Å². The van der Waals surface area contributed by atoms with Gasteiger partial charge in [0.25, 0.3) is 11.8 Å². The number of nitrogens with one attached hydrogen (secondary N) is 2. The second-order valence-corrected chi connectivity index (χ2v) is 6.42. The first-order chi connectivity index (χ1) is 14.0. The standard InChI is InChI=1S/C23H22N2O4/c1-15-5-4-6-16(13-15)22(26)24-17-7-9-18(10-8-17)25-23(27)20-12-11-19(28-2)14-21(20)29-3/h4-14H,1-3H3,(H,24,26)(H,25,27). The summed E-state index contributed by atoms with van der Waals surface area (Å²) >= 11 is 0. The molecule has 148 valence electrons. The Balaban J connectivity index is 1.67. The van der Waals surface area contributed by atoms with E-state index < -0.39 is 0 Å². The molecule has 0 heterocycles. The molecule has 29 heavy (non-hydrogen) atoms. The Morgan fingerprint density at radius 2 is 1.41 bits per heavy atom. The van der Waals surface area contributed by atoms with Crippen LogP contribution in [0.1, 0.15) is 26.3 Å². The molecule has 6 nitrogen and oxygen atoms in total. The van der Waals surface area contributed by atoms with Gasteiger partial charge < -0.3 is 20.1 Å². The van der Waals surface area contributed by atoms with Crippen LogP contribution in [0.5, 0.6) is 11.5 Å². The molecule has 0 fully saturated rings. The Morgan fingerprint density at radius 3 is 2.00 bits per heavy atom. The zero-order valence-electron chi connectivity index (χ0n) is 16.5. The predicted molar refractivity (Wildman–Crippen MR) is 113 cm³/mol. The Kier molecular flexibility index (Phi) is 6.14. The van der Waals surface area contributed by atoms with Gasteiger partial charge in [-0.15, -0.1) is 0 Å². The van der Waals surface area contributed by atoms with E-state index in [1.165, 1.54) is 7.11 Å². The van der Waals surface area contributed by atoms with Gasteiger partial charge in [-0.2, -0.15) is 0 Å². The lowest BCUT2D eigenvalue weighted by atomic mass is 10.1. The van der Waals surface area contributed by atoms with Crippen LogP contribution in [-0.4, -0.2) is 26.0 Å². The van der Waals surface area contributed by atoms with Gasteiger partial charge in [0.15, 0.2) is 0 Å². The van der Waals surface area contributed by atoms with Crippen LogP contribution in [0.15, 0.2) is 66.7 Å². The summed E-state index contributed by atoms with van der Waals surface area (Å²) in [5.41, 5.74) is 3.24. The molecule has 0 aliphatic rings. The maximum atomic E-state index is 12.6. The van der Waals surface area contributed by atoms with Crippen molar-refractivity contribution < 1.29 is 19.1 Å². The second kappa shape index (κ2) is 8.93. The van der Waals surface area contributed by atoms with E-state index in [0.717, 1.165) is 5.56 Å². The van der Waals surface area contributed by atoms with Crippen LogP contribution in [0.3, 0.4) is 0 Å². The molecule has 0 atom stereocenters. The molecule has 0 spiro atoms. The summed E-state index contributed by atoms with van der Waals surface area (Å²) in [5, 5.41) is 5.66. The summed E-state index contributed by atoms with van der Waals surface area (Å²) < 4.78 is 10.4. The predicted octanol–water partition coefficient (Wildman–Crippen LogP) is 4.52. The van der Waals surface area contributed by atoms with E-state index in [4.69, 9.17) is 9.47 Å². The third-order valence-corrected chi connectivity index (χ3v) is 4.33. The number of ether oxygens (including phenoxy) is 2. The second-order valence-electron chi connectivity index (χ2n) is 6.42. The SMILES string of the molecule is COc1ccc(C(=O)Nc2ccc(NC(=O)c3cccc(C)c3)cc2)c(OC)c1. The molecule has 3 aromatic carbocycles. The maximum Gasteiger partial charge on any atom is 0.259 e. The van der Waals surface area contributed by atoms with Gasteiger partial charge in [0.1, 0.15) is 11.5 Å². The van der Waals surface area contributed by atoms with E-state index in [9.17, 15) is 9.59 Å². The number of hydrogen-bond acceptors (Lipinski definition) is 4. The quantitative estimate of drug-likeness (QED) is 0.649. The zero-order valence-corrected chi connectivity index (χ0v) is 16.5. The monoisotopic (exact) mass is 390 g/mol. The van der Waals surface area contributed by atoms with E-state index in [1.807, 2.05) is 25.1 Å². The Morgan fingerprint density at radius 1 is 0.759 bits per heavy atom. The van der Waals surface area contributed by atoms with Crippen LogP contribution in [0.4, 0.5) is 11.4 Å². The van der Waals surface area contributed by atoms with Crippen LogP contribution in [0.2, 0.25) is 0 Å². The van der Waals surface area contributed by atoms with Crippen LogP contribution in [0.25, 0.3) is 0 Å². The molecule has 2 amide bonds. The van der Waals surface area contributed by atoms with Gasteiger partial charge in [0.05, 0.1) is 19.8 Å². The minimum Gasteiger partial charge on any atom is -0.497 e. The first kappa shape index (κ1) is 19.9. The normalized spacial score (nSPS) is 10.2. The molecule has 0 aliphatic carbocycles. The topological polar surface area (TPSA) is 76.7 Å². The average molecular weight is 390 g/mol. The van der Waals surface area contributed by atoms with Gasteiger partial charge in [-0.1, -0.05) is 17.7 Å². The van der Waals surface area contributed by atoms with Crippen molar-refractivity contribution in [3.8, 4) is 11.5 Å². The highest BCUT2D eigenvalue weighted by Gasteiger charge is 2.14. The first-order valence-corrected chi connectivity index (χ1v) is 9.01. The number of carbonyl (C=O) groups excluding carboxylic acids is 2.